The van der Waals surface area contributed by atoms with Crippen LogP contribution in [0.1, 0.15) is 0 Å². The van der Waals surface area contributed by atoms with E-state index in [1.807, 2.05) is 10.9 Å². The number of hydrazine groups is 2. The fourth-order valence-corrected chi connectivity index (χ4v) is 1.90. The van der Waals surface area contributed by atoms with Gasteiger partial charge in [-0.3, -0.25) is 30.8 Å². The summed E-state index contributed by atoms with van der Waals surface area (Å²) >= 11 is 0. The van der Waals surface area contributed by atoms with Gasteiger partial charge in [0.2, 0.25) is 0 Å². The summed E-state index contributed by atoms with van der Waals surface area (Å²) in [7, 11) is -8.59. The monoisotopic (exact) mass is 338 g/mol. The molecule has 0 atom stereocenters. The minimum Gasteiger partial charge on any atom is -0.369 e. The second-order valence-corrected chi connectivity index (χ2v) is 5.83. The van der Waals surface area contributed by atoms with Gasteiger partial charge in [0, 0.05) is 0 Å². The van der Waals surface area contributed by atoms with Gasteiger partial charge >= 0.3 is 0 Å². The lowest BCUT2D eigenvalue weighted by molar-refractivity contribution is 0.472. The van der Waals surface area contributed by atoms with Crippen molar-refractivity contribution in [2.24, 2.45) is 23.2 Å². The first kappa shape index (κ1) is 23.4. The van der Waals surface area contributed by atoms with Crippen LogP contribution in [0.2, 0.25) is 0 Å². The topological polar surface area (TPSA) is 285 Å². The lowest BCUT2D eigenvalue weighted by Crippen LogP contribution is -2.35. The molecule has 14 N–H and O–H groups in total. The molecule has 14 nitrogen and oxygen atoms in total. The molecule has 0 unspecified atom stereocenters. The van der Waals surface area contributed by atoms with Crippen molar-refractivity contribution < 1.29 is 25.9 Å². The first-order valence-electron chi connectivity index (χ1n) is 4.26. The molecule has 0 aromatic carbocycles. The summed E-state index contributed by atoms with van der Waals surface area (Å²) in [5.74, 6) is 6.75. The summed E-state index contributed by atoms with van der Waals surface area (Å²) in [6, 6.07) is 0. The Kier molecular flexibility index (Phi) is 13.0. The highest BCUT2D eigenvalue weighted by Crippen LogP contribution is 1.86. The van der Waals surface area contributed by atoms with E-state index >= 15 is 0 Å². The number of nitrogens with two attached hydrogens (primary N) is 4. The van der Waals surface area contributed by atoms with Gasteiger partial charge in [0.15, 0.2) is 11.9 Å². The Bertz CT molecular complexity index is 439. The van der Waals surface area contributed by atoms with E-state index in [9.17, 15) is 16.8 Å². The van der Waals surface area contributed by atoms with E-state index in [0.717, 1.165) is 0 Å². The quantitative estimate of drug-likeness (QED) is 0.0764. The SMILES string of the molecule is N=C(N)NN.N=C(N)NN.O=S(=O)(O)CCS(=O)(=O)O. The second kappa shape index (κ2) is 11.1. The van der Waals surface area contributed by atoms with Crippen LogP contribution < -0.4 is 34.0 Å². The van der Waals surface area contributed by atoms with Crippen molar-refractivity contribution in [3.63, 3.8) is 0 Å². The minimum absolute atomic E-state index is 0.218. The molecule has 0 bridgehead atoms. The van der Waals surface area contributed by atoms with Crippen LogP contribution in [-0.4, -0.2) is 49.4 Å². The molecule has 0 fully saturated rings. The maximum absolute atomic E-state index is 9.86. The maximum atomic E-state index is 9.86. The van der Waals surface area contributed by atoms with Crippen LogP contribution in [0.3, 0.4) is 0 Å². The molecule has 0 aromatic heterocycles. The molecule has 20 heavy (non-hydrogen) atoms. The largest absolute Gasteiger partial charge is 0.369 e. The normalized spacial score (nSPS) is 10.0. The van der Waals surface area contributed by atoms with Crippen molar-refractivity contribution in [1.29, 1.82) is 10.8 Å². The van der Waals surface area contributed by atoms with Crippen molar-refractivity contribution in [1.82, 2.24) is 10.9 Å². The first-order valence-corrected chi connectivity index (χ1v) is 7.48. The molecule has 0 spiro atoms. The van der Waals surface area contributed by atoms with Gasteiger partial charge in [-0.25, -0.2) is 11.7 Å². The summed E-state index contributed by atoms with van der Waals surface area (Å²) < 4.78 is 55.4. The molecule has 0 aromatic rings. The smallest absolute Gasteiger partial charge is 0.265 e. The van der Waals surface area contributed by atoms with Gasteiger partial charge in [-0.15, -0.1) is 0 Å². The third-order valence-electron chi connectivity index (χ3n) is 0.910. The van der Waals surface area contributed by atoms with Gasteiger partial charge in [-0.05, 0) is 0 Å². The Balaban J connectivity index is -0.000000244. The van der Waals surface area contributed by atoms with Crippen molar-refractivity contribution in [2.45, 2.75) is 0 Å². The van der Waals surface area contributed by atoms with Gasteiger partial charge in [-0.1, -0.05) is 0 Å². The summed E-state index contributed by atoms with van der Waals surface area (Å²) in [6.45, 7) is 0. The number of nitrogens with one attached hydrogen (secondary N) is 4. The Morgan fingerprint density at radius 3 is 1.05 bits per heavy atom. The lowest BCUT2D eigenvalue weighted by Gasteiger charge is -1.92. The zero-order chi connectivity index (χ0) is 17.0. The van der Waals surface area contributed by atoms with Gasteiger partial charge in [0.25, 0.3) is 20.2 Å². The highest BCUT2D eigenvalue weighted by atomic mass is 32.2. The highest BCUT2D eigenvalue weighted by Gasteiger charge is 2.11. The van der Waals surface area contributed by atoms with Crippen molar-refractivity contribution >= 4 is 32.2 Å². The van der Waals surface area contributed by atoms with E-state index < -0.39 is 31.7 Å². The molecular weight excluding hydrogens is 320 g/mol. The van der Waals surface area contributed by atoms with E-state index in [0.29, 0.717) is 0 Å². The predicted molar refractivity (Wildman–Crippen MR) is 71.3 cm³/mol. The van der Waals surface area contributed by atoms with Gasteiger partial charge in [-0.2, -0.15) is 16.8 Å². The van der Waals surface area contributed by atoms with Crippen LogP contribution >= 0.6 is 0 Å². The van der Waals surface area contributed by atoms with Gasteiger partial charge in [0.1, 0.15) is 0 Å². The number of rotatable bonds is 3. The van der Waals surface area contributed by atoms with E-state index in [1.165, 1.54) is 0 Å². The highest BCUT2D eigenvalue weighted by molar-refractivity contribution is 7.89. The second-order valence-electron chi connectivity index (χ2n) is 2.69. The summed E-state index contributed by atoms with van der Waals surface area (Å²) in [5, 5.41) is 12.6. The average molecular weight is 338 g/mol. The Morgan fingerprint density at radius 1 is 0.850 bits per heavy atom. The molecule has 0 saturated carbocycles. The summed E-state index contributed by atoms with van der Waals surface area (Å²) in [5.41, 5.74) is 13.1. The molecule has 0 aliphatic heterocycles. The molecule has 0 radical (unpaired) electrons. The maximum Gasteiger partial charge on any atom is 0.265 e. The number of guanidine groups is 2. The van der Waals surface area contributed by atoms with E-state index in [4.69, 9.17) is 19.9 Å². The first-order chi connectivity index (χ1) is 8.75. The average Bonchev–Trinajstić information content (AvgIpc) is 2.26. The van der Waals surface area contributed by atoms with Gasteiger partial charge < -0.3 is 11.5 Å². The van der Waals surface area contributed by atoms with E-state index in [-0.39, 0.29) is 11.9 Å². The molecule has 0 heterocycles. The third-order valence-corrected chi connectivity index (χ3v) is 2.61. The molecule has 0 saturated heterocycles. The molecule has 0 aliphatic carbocycles. The van der Waals surface area contributed by atoms with Crippen LogP contribution in [0, 0.1) is 10.8 Å². The number of hydrogen-bond donors (Lipinski definition) is 10. The van der Waals surface area contributed by atoms with Crippen molar-refractivity contribution in [3.05, 3.63) is 0 Å². The van der Waals surface area contributed by atoms with Crippen LogP contribution in [0.15, 0.2) is 0 Å². The van der Waals surface area contributed by atoms with Gasteiger partial charge in [0.05, 0.1) is 11.5 Å². The number of hydrogen-bond acceptors (Lipinski definition) is 8. The van der Waals surface area contributed by atoms with Crippen molar-refractivity contribution in [2.75, 3.05) is 11.5 Å². The van der Waals surface area contributed by atoms with Crippen LogP contribution in [0.25, 0.3) is 0 Å². The van der Waals surface area contributed by atoms with E-state index in [1.54, 1.807) is 0 Å². The lowest BCUT2D eigenvalue weighted by atomic mass is 11.0. The molecule has 122 valence electrons. The standard InChI is InChI=1S/C2H6O6S2.2CH6N4/c3-9(4,5)1-2-10(6,7)8;2*2-1(3)5-4/h1-2H2,(H,3,4,5)(H,6,7,8);2*4H2,(H4,2,3,5). The fourth-order valence-electron chi connectivity index (χ4n) is 0.211. The van der Waals surface area contributed by atoms with Crippen LogP contribution in [0.5, 0.6) is 0 Å². The Hall–Kier alpha value is -1.72. The molecule has 16 heteroatoms. The van der Waals surface area contributed by atoms with Crippen molar-refractivity contribution in [3.8, 4) is 0 Å². The molecular formula is C4H18N8O6S2. The Labute approximate surface area is 115 Å². The zero-order valence-electron chi connectivity index (χ0n) is 10.1. The summed E-state index contributed by atoms with van der Waals surface area (Å²) in [6.07, 6.45) is 0. The van der Waals surface area contributed by atoms with E-state index in [2.05, 4.69) is 23.2 Å². The molecule has 0 amide bonds. The third kappa shape index (κ3) is 44.1. The molecule has 0 aliphatic rings. The minimum atomic E-state index is -4.30. The fraction of sp³-hybridized carbons (Fsp3) is 0.500. The predicted octanol–water partition coefficient (Wildman–Crippen LogP) is -4.55. The summed E-state index contributed by atoms with van der Waals surface area (Å²) in [4.78, 5) is 0. The Morgan fingerprint density at radius 2 is 1.00 bits per heavy atom. The van der Waals surface area contributed by atoms with Crippen LogP contribution in [-0.2, 0) is 20.2 Å². The van der Waals surface area contributed by atoms with Crippen LogP contribution in [0.4, 0.5) is 0 Å². The molecule has 0 rings (SSSR count). The zero-order valence-corrected chi connectivity index (χ0v) is 11.7.